The Hall–Kier alpha value is -4.73. The lowest BCUT2D eigenvalue weighted by atomic mass is 10.0. The van der Waals surface area contributed by atoms with E-state index in [1.54, 1.807) is 17.3 Å². The first kappa shape index (κ1) is 30.9. The van der Waals surface area contributed by atoms with Gasteiger partial charge in [-0.3, -0.25) is 4.79 Å². The van der Waals surface area contributed by atoms with Crippen LogP contribution in [-0.2, 0) is 17.8 Å². The van der Waals surface area contributed by atoms with Gasteiger partial charge in [0.05, 0.1) is 54.4 Å². The smallest absolute Gasteiger partial charge is 0.318 e. The summed E-state index contributed by atoms with van der Waals surface area (Å²) in [4.78, 5) is 33.1. The van der Waals surface area contributed by atoms with Gasteiger partial charge in [-0.25, -0.2) is 0 Å². The first-order valence-corrected chi connectivity index (χ1v) is 16.5. The van der Waals surface area contributed by atoms with E-state index < -0.39 is 0 Å². The average Bonchev–Trinajstić information content (AvgIpc) is 3.77. The Morgan fingerprint density at radius 1 is 1.06 bits per heavy atom. The Balaban J connectivity index is 1.18. The number of fused-ring (bicyclic) bond motifs is 2. The van der Waals surface area contributed by atoms with Crippen molar-refractivity contribution in [1.29, 1.82) is 5.26 Å². The van der Waals surface area contributed by atoms with Gasteiger partial charge in [0, 0.05) is 54.9 Å². The third-order valence-corrected chi connectivity index (χ3v) is 9.77. The third kappa shape index (κ3) is 6.46. The van der Waals surface area contributed by atoms with Crippen LogP contribution in [0.2, 0.25) is 5.02 Å². The summed E-state index contributed by atoms with van der Waals surface area (Å²) in [5.41, 5.74) is 3.08. The second kappa shape index (κ2) is 13.6. The molecule has 0 aliphatic carbocycles. The SMILES string of the molecule is CN1CCC[C@H]1COc1nc2c(c(N3CCN(C(=O)/C=C/n4nccn4)[C@@H](CC#N)C3)n1)CCN(c1cccc3cccc(Cl)c13)C2. The molecule has 2 atom stereocenters. The van der Waals surface area contributed by atoms with E-state index in [0.29, 0.717) is 44.8 Å². The molecular weight excluding hydrogens is 616 g/mol. The summed E-state index contributed by atoms with van der Waals surface area (Å²) in [6.45, 7) is 4.43. The number of halogens is 1. The average molecular weight is 653 g/mol. The molecule has 0 spiro atoms. The first-order chi connectivity index (χ1) is 23.0. The van der Waals surface area contributed by atoms with Crippen LogP contribution in [0.25, 0.3) is 17.0 Å². The van der Waals surface area contributed by atoms with Crippen LogP contribution in [0.4, 0.5) is 11.5 Å². The number of benzene rings is 2. The molecule has 0 bridgehead atoms. The van der Waals surface area contributed by atoms with E-state index in [1.165, 1.54) is 17.1 Å². The zero-order chi connectivity index (χ0) is 32.3. The van der Waals surface area contributed by atoms with Gasteiger partial charge in [0.25, 0.3) is 0 Å². The minimum Gasteiger partial charge on any atom is -0.462 e. The van der Waals surface area contributed by atoms with E-state index in [-0.39, 0.29) is 18.4 Å². The summed E-state index contributed by atoms with van der Waals surface area (Å²) in [6, 6.07) is 14.9. The van der Waals surface area contributed by atoms with Crippen LogP contribution in [0.1, 0.15) is 30.5 Å². The first-order valence-electron chi connectivity index (χ1n) is 16.1. The summed E-state index contributed by atoms with van der Waals surface area (Å²) in [6.07, 6.45) is 9.26. The Morgan fingerprint density at radius 3 is 2.68 bits per heavy atom. The highest BCUT2D eigenvalue weighted by Gasteiger charge is 2.34. The molecule has 4 aromatic rings. The molecule has 13 heteroatoms. The summed E-state index contributed by atoms with van der Waals surface area (Å²) in [5, 5.41) is 20.6. The van der Waals surface area contributed by atoms with Crippen LogP contribution in [-0.4, -0.2) is 99.1 Å². The fourth-order valence-corrected chi connectivity index (χ4v) is 7.25. The molecule has 3 aliphatic rings. The normalized spacial score (nSPS) is 20.1. The number of piperazine rings is 1. The number of amides is 1. The Morgan fingerprint density at radius 2 is 1.89 bits per heavy atom. The molecule has 2 saturated heterocycles. The van der Waals surface area contributed by atoms with Gasteiger partial charge in [0.15, 0.2) is 0 Å². The Bertz CT molecular complexity index is 1820. The highest BCUT2D eigenvalue weighted by atomic mass is 35.5. The lowest BCUT2D eigenvalue weighted by Gasteiger charge is -2.42. The van der Waals surface area contributed by atoms with Gasteiger partial charge in [-0.05, 0) is 50.4 Å². The maximum absolute atomic E-state index is 13.2. The number of carbonyl (C=O) groups excluding carboxylic acids is 1. The number of hydrogen-bond donors (Lipinski definition) is 0. The number of nitriles is 1. The number of aromatic nitrogens is 5. The number of ether oxygens (including phenoxy) is 1. The van der Waals surface area contributed by atoms with Gasteiger partial charge in [-0.1, -0.05) is 35.9 Å². The van der Waals surface area contributed by atoms with E-state index >= 15 is 0 Å². The number of rotatable bonds is 8. The maximum Gasteiger partial charge on any atom is 0.318 e. The van der Waals surface area contributed by atoms with Gasteiger partial charge in [0.1, 0.15) is 12.4 Å². The topological polar surface area (TPSA) is 120 Å². The van der Waals surface area contributed by atoms with Gasteiger partial charge >= 0.3 is 6.01 Å². The Labute approximate surface area is 278 Å². The van der Waals surface area contributed by atoms with Crippen LogP contribution >= 0.6 is 11.6 Å². The van der Waals surface area contributed by atoms with Gasteiger partial charge in [-0.2, -0.15) is 30.2 Å². The number of nitrogens with zero attached hydrogens (tertiary/aromatic N) is 10. The van der Waals surface area contributed by atoms with Crippen molar-refractivity contribution in [1.82, 2.24) is 34.8 Å². The van der Waals surface area contributed by atoms with Crippen molar-refractivity contribution in [3.8, 4) is 12.1 Å². The third-order valence-electron chi connectivity index (χ3n) is 9.45. The van der Waals surface area contributed by atoms with E-state index in [0.717, 1.165) is 70.9 Å². The molecule has 3 aliphatic heterocycles. The molecule has 12 nitrogen and oxygen atoms in total. The molecule has 1 amide bonds. The van der Waals surface area contributed by atoms with Crippen LogP contribution < -0.4 is 14.5 Å². The predicted molar refractivity (Wildman–Crippen MR) is 180 cm³/mol. The number of anilines is 2. The van der Waals surface area contributed by atoms with Crippen molar-refractivity contribution in [3.63, 3.8) is 0 Å². The highest BCUT2D eigenvalue weighted by Crippen LogP contribution is 2.37. The van der Waals surface area contributed by atoms with Crippen LogP contribution in [0.3, 0.4) is 0 Å². The van der Waals surface area contributed by atoms with E-state index in [4.69, 9.17) is 26.3 Å². The molecule has 0 saturated carbocycles. The second-order valence-corrected chi connectivity index (χ2v) is 12.7. The largest absolute Gasteiger partial charge is 0.462 e. The van der Waals surface area contributed by atoms with Crippen LogP contribution in [0, 0.1) is 11.3 Å². The summed E-state index contributed by atoms with van der Waals surface area (Å²) >= 11 is 6.72. The number of carbonyl (C=O) groups is 1. The van der Waals surface area contributed by atoms with Crippen LogP contribution in [0.15, 0.2) is 54.9 Å². The minimum atomic E-state index is -0.309. The number of likely N-dealkylation sites (N-methyl/N-ethyl adjacent to an activating group) is 1. The molecule has 0 radical (unpaired) electrons. The molecule has 2 aromatic heterocycles. The zero-order valence-electron chi connectivity index (χ0n) is 26.4. The molecule has 5 heterocycles. The van der Waals surface area contributed by atoms with E-state index in [9.17, 15) is 10.1 Å². The molecule has 2 aromatic carbocycles. The van der Waals surface area contributed by atoms with Crippen molar-refractivity contribution in [2.45, 2.75) is 44.3 Å². The number of hydrogen-bond acceptors (Lipinski definition) is 10. The van der Waals surface area contributed by atoms with Crippen molar-refractivity contribution in [2.75, 3.05) is 56.2 Å². The molecule has 0 unspecified atom stereocenters. The van der Waals surface area contributed by atoms with Crippen molar-refractivity contribution >= 4 is 46.0 Å². The highest BCUT2D eigenvalue weighted by molar-refractivity contribution is 6.36. The zero-order valence-corrected chi connectivity index (χ0v) is 27.1. The molecular formula is C34H37ClN10O2. The van der Waals surface area contributed by atoms with Crippen molar-refractivity contribution in [2.24, 2.45) is 0 Å². The quantitative estimate of drug-likeness (QED) is 0.258. The fourth-order valence-electron chi connectivity index (χ4n) is 6.97. The Kier molecular flexibility index (Phi) is 8.91. The van der Waals surface area contributed by atoms with Crippen molar-refractivity contribution in [3.05, 3.63) is 71.1 Å². The summed E-state index contributed by atoms with van der Waals surface area (Å²) in [7, 11) is 2.13. The molecule has 47 heavy (non-hydrogen) atoms. The lowest BCUT2D eigenvalue weighted by molar-refractivity contribution is -0.128. The predicted octanol–water partition coefficient (Wildman–Crippen LogP) is 4.01. The summed E-state index contributed by atoms with van der Waals surface area (Å²) < 4.78 is 6.32. The molecule has 2 fully saturated rings. The molecule has 0 N–H and O–H groups in total. The van der Waals surface area contributed by atoms with Crippen LogP contribution in [0.5, 0.6) is 6.01 Å². The maximum atomic E-state index is 13.2. The van der Waals surface area contributed by atoms with Gasteiger partial charge in [0.2, 0.25) is 5.91 Å². The standard InChI is InChI=1S/C34H37ClN10O2/c1-41-16-4-7-26(41)23-47-34-39-29-22-42(30-9-3-6-24-5-2-8-28(35)32(24)30)17-11-27(29)33(40-34)43-19-20-44(25(21-43)10-13-36)31(46)12-18-45-37-14-15-38-45/h2-3,5-6,8-9,12,14-15,18,25-26H,4,7,10-11,16-17,19-23H2,1H3/b18-12+/t25-,26-/m0/s1. The number of likely N-dealkylation sites (tertiary alicyclic amines) is 1. The minimum absolute atomic E-state index is 0.180. The van der Waals surface area contributed by atoms with Gasteiger partial charge < -0.3 is 24.3 Å². The lowest BCUT2D eigenvalue weighted by Crippen LogP contribution is -2.55. The second-order valence-electron chi connectivity index (χ2n) is 12.3. The van der Waals surface area contributed by atoms with Crippen molar-refractivity contribution < 1.29 is 9.53 Å². The molecule has 7 rings (SSSR count). The van der Waals surface area contributed by atoms with E-state index in [1.807, 2.05) is 12.1 Å². The fraction of sp³-hybridized carbons (Fsp3) is 0.412. The van der Waals surface area contributed by atoms with Gasteiger partial charge in [-0.15, -0.1) is 0 Å². The summed E-state index contributed by atoms with van der Waals surface area (Å²) in [5.74, 6) is 0.646. The molecule has 242 valence electrons. The van der Waals surface area contributed by atoms with E-state index in [2.05, 4.69) is 62.3 Å². The monoisotopic (exact) mass is 652 g/mol.